The van der Waals surface area contributed by atoms with Crippen molar-refractivity contribution in [3.8, 4) is 23.0 Å². The third kappa shape index (κ3) is 8.23. The first-order chi connectivity index (χ1) is 31.0. The Morgan fingerprint density at radius 2 is 1.71 bits per heavy atom. The molecule has 22 heteroatoms. The molecule has 0 radical (unpaired) electrons. The van der Waals surface area contributed by atoms with E-state index in [1.54, 1.807) is 12.1 Å². The molecule has 0 spiro atoms. The lowest BCUT2D eigenvalue weighted by atomic mass is 9.93. The van der Waals surface area contributed by atoms with Crippen molar-refractivity contribution in [3.05, 3.63) is 105 Å². The fourth-order valence-corrected chi connectivity index (χ4v) is 11.5. The van der Waals surface area contributed by atoms with Crippen molar-refractivity contribution < 1.29 is 52.7 Å². The number of hydrogen-bond acceptors (Lipinski definition) is 9. The van der Waals surface area contributed by atoms with Gasteiger partial charge in [0.25, 0.3) is 12.3 Å². The summed E-state index contributed by atoms with van der Waals surface area (Å²) >= 11 is 6.76. The van der Waals surface area contributed by atoms with E-state index < -0.39 is 108 Å². The van der Waals surface area contributed by atoms with Gasteiger partial charge in [-0.2, -0.15) is 19.0 Å². The van der Waals surface area contributed by atoms with Crippen molar-refractivity contribution in [2.24, 2.45) is 5.92 Å². The lowest BCUT2D eigenvalue weighted by Gasteiger charge is -2.28. The van der Waals surface area contributed by atoms with Crippen LogP contribution in [0, 0.1) is 29.4 Å². The zero-order chi connectivity index (χ0) is 47.2. The van der Waals surface area contributed by atoms with E-state index in [4.69, 9.17) is 21.3 Å². The lowest BCUT2D eigenvalue weighted by molar-refractivity contribution is -0.123. The number of carbonyl (C=O) groups excluding carboxylic acids is 1. The smallest absolute Gasteiger partial charge is 0.293 e. The zero-order valence-corrected chi connectivity index (χ0v) is 37.6. The molecule has 1 saturated carbocycles. The highest BCUT2D eigenvalue weighted by atomic mass is 35.5. The summed E-state index contributed by atoms with van der Waals surface area (Å²) in [6.45, 7) is 2.31. The number of rotatable bonds is 13. The van der Waals surface area contributed by atoms with Gasteiger partial charge in [-0.05, 0) is 81.3 Å². The highest BCUT2D eigenvalue weighted by Crippen LogP contribution is 2.59. The monoisotopic (exact) mass is 975 g/mol. The number of allylic oxidation sites excluding steroid dienone is 2. The number of nitrogens with one attached hydrogen (secondary N) is 2. The Morgan fingerprint density at radius 1 is 1.02 bits per heavy atom. The number of hydrogen-bond donors (Lipinski definition) is 2. The Labute approximate surface area is 379 Å². The Bertz CT molecular complexity index is 3140. The molecular formula is C44H40ClF6N7O6S2. The zero-order valence-electron chi connectivity index (χ0n) is 35.3. The Balaban J connectivity index is 1.22. The van der Waals surface area contributed by atoms with E-state index in [9.17, 15) is 39.2 Å². The summed E-state index contributed by atoms with van der Waals surface area (Å²) in [7, 11) is -7.62. The molecule has 1 amide bonds. The minimum Gasteiger partial charge on any atom is -0.377 e. The number of nitrogens with zero attached hydrogens (tertiary/aromatic N) is 5. The first kappa shape index (κ1) is 45.7. The number of aromatic nitrogens is 5. The first-order valence-corrected chi connectivity index (χ1v) is 24.6. The molecule has 3 aromatic heterocycles. The van der Waals surface area contributed by atoms with Gasteiger partial charge >= 0.3 is 0 Å². The van der Waals surface area contributed by atoms with E-state index in [1.807, 2.05) is 0 Å². The Kier molecular flexibility index (Phi) is 11.4. The highest BCUT2D eigenvalue weighted by Gasteiger charge is 2.59. The first-order valence-electron chi connectivity index (χ1n) is 20.8. The quantitative estimate of drug-likeness (QED) is 0.0684. The van der Waals surface area contributed by atoms with Crippen LogP contribution in [-0.4, -0.2) is 76.8 Å². The third-order valence-electron chi connectivity index (χ3n) is 12.3. The van der Waals surface area contributed by atoms with Crippen molar-refractivity contribution in [1.82, 2.24) is 29.9 Å². The van der Waals surface area contributed by atoms with E-state index in [0.29, 0.717) is 29.2 Å². The molecule has 1 saturated heterocycles. The molecule has 13 nitrogen and oxygen atoms in total. The van der Waals surface area contributed by atoms with Crippen LogP contribution in [0.4, 0.5) is 32.2 Å². The molecule has 5 aromatic rings. The number of fused-ring (bicyclic) bond motifs is 4. The highest BCUT2D eigenvalue weighted by molar-refractivity contribution is 7.93. The normalized spacial score (nSPS) is 19.6. The van der Waals surface area contributed by atoms with E-state index in [2.05, 4.69) is 32.1 Å². The summed E-state index contributed by atoms with van der Waals surface area (Å²) in [6.07, 6.45) is 1.11. The SMILES string of the molecule is CC(C)(C#Cc1ccc(-c2ccc(Cl)c3c(NS(C)(=O)=O)nn(C4COC4)c23)c([C@H](Cc2cc(F)cc(F)c2)NC(=O)Cn2nc(C(F)F)c3c2C(F)(F)[C@@H]2CC=C[C@H]32)n1)S(=O)(=O)C1CC1. The second-order valence-electron chi connectivity index (χ2n) is 17.4. The van der Waals surface area contributed by atoms with Crippen LogP contribution in [0.15, 0.2) is 54.6 Å². The number of anilines is 1. The number of amides is 1. The summed E-state index contributed by atoms with van der Waals surface area (Å²) in [5.74, 6) is -3.45. The van der Waals surface area contributed by atoms with Crippen LogP contribution < -0.4 is 10.0 Å². The van der Waals surface area contributed by atoms with Gasteiger partial charge in [0.1, 0.15) is 40.0 Å². The number of halogens is 7. The van der Waals surface area contributed by atoms with Crippen LogP contribution in [0.5, 0.6) is 0 Å². The number of alkyl halides is 4. The minimum atomic E-state index is -3.92. The van der Waals surface area contributed by atoms with E-state index >= 15 is 8.78 Å². The molecule has 3 atom stereocenters. The Hall–Kier alpha value is -5.43. The molecule has 2 aromatic carbocycles. The van der Waals surface area contributed by atoms with Crippen LogP contribution in [0.1, 0.15) is 91.4 Å². The molecule has 3 aliphatic carbocycles. The minimum absolute atomic E-state index is 0.00219. The molecule has 0 unspecified atom stereocenters. The third-order valence-corrected chi connectivity index (χ3v) is 16.0. The molecule has 2 fully saturated rings. The lowest BCUT2D eigenvalue weighted by Crippen LogP contribution is -2.35. The summed E-state index contributed by atoms with van der Waals surface area (Å²) < 4.78 is 151. The van der Waals surface area contributed by atoms with Crippen molar-refractivity contribution in [2.45, 2.75) is 86.4 Å². The van der Waals surface area contributed by atoms with Crippen LogP contribution in [0.2, 0.25) is 5.02 Å². The molecule has 1 aliphatic heterocycles. The van der Waals surface area contributed by atoms with Crippen LogP contribution in [-0.2, 0) is 48.3 Å². The molecule has 348 valence electrons. The fourth-order valence-electron chi connectivity index (χ4n) is 8.95. The molecule has 0 bridgehead atoms. The van der Waals surface area contributed by atoms with Gasteiger partial charge in [-0.25, -0.2) is 39.4 Å². The van der Waals surface area contributed by atoms with Gasteiger partial charge in [0.05, 0.1) is 58.4 Å². The maximum Gasteiger partial charge on any atom is 0.293 e. The van der Waals surface area contributed by atoms with E-state index in [0.717, 1.165) is 18.4 Å². The van der Waals surface area contributed by atoms with Crippen LogP contribution in [0.25, 0.3) is 22.0 Å². The molecule has 4 heterocycles. The molecule has 9 rings (SSSR count). The number of carbonyl (C=O) groups is 1. The predicted octanol–water partition coefficient (Wildman–Crippen LogP) is 7.68. The average Bonchev–Trinajstić information content (AvgIpc) is 3.57. The van der Waals surface area contributed by atoms with Gasteiger partial charge in [-0.1, -0.05) is 35.7 Å². The van der Waals surface area contributed by atoms with Gasteiger partial charge in [-0.15, -0.1) is 0 Å². The maximum atomic E-state index is 16.0. The maximum absolute atomic E-state index is 16.0. The topological polar surface area (TPSA) is 167 Å². The van der Waals surface area contributed by atoms with Crippen LogP contribution in [0.3, 0.4) is 0 Å². The molecule has 66 heavy (non-hydrogen) atoms. The standard InChI is InChI=1S/C44H40ClF6N7O6S2/c1-43(2,66(62,63)27-8-9-27)14-13-25-7-10-28(29-11-12-32(45)36-39(29)58(26-20-64-21-26)55-42(36)56-65(3,60)61)37(52-25)33(17-22-15-23(46)18-24(47)16-22)53-34(59)19-57-40-35(38(54-57)41(48)49)30-5-4-6-31(30)44(40,50)51/h4-5,7,10-12,15-16,18,26-27,30-31,33,41H,6,8-9,17,19-21H2,1-3H3,(H,53,59)(H,55,56)/t30-,31+,33-/m0/s1. The molecular weight excluding hydrogens is 936 g/mol. The summed E-state index contributed by atoms with van der Waals surface area (Å²) in [5.41, 5.74) is -1.27. The second kappa shape index (κ2) is 16.4. The number of sulfone groups is 1. The van der Waals surface area contributed by atoms with Gasteiger partial charge in [0.15, 0.2) is 15.7 Å². The van der Waals surface area contributed by atoms with Gasteiger partial charge in [0, 0.05) is 34.6 Å². The summed E-state index contributed by atoms with van der Waals surface area (Å²) in [4.78, 5) is 19.1. The summed E-state index contributed by atoms with van der Waals surface area (Å²) in [5, 5.41) is 10.8. The van der Waals surface area contributed by atoms with E-state index in [1.165, 1.54) is 42.8 Å². The number of benzene rings is 2. The summed E-state index contributed by atoms with van der Waals surface area (Å²) in [6, 6.07) is 6.89. The van der Waals surface area contributed by atoms with Crippen molar-refractivity contribution in [3.63, 3.8) is 0 Å². The number of sulfonamides is 1. The predicted molar refractivity (Wildman–Crippen MR) is 231 cm³/mol. The van der Waals surface area contributed by atoms with Gasteiger partial charge in [0.2, 0.25) is 15.9 Å². The Morgan fingerprint density at radius 3 is 2.35 bits per heavy atom. The van der Waals surface area contributed by atoms with E-state index in [-0.39, 0.29) is 69.5 Å². The average molecular weight is 976 g/mol. The second-order valence-corrected chi connectivity index (χ2v) is 22.4. The van der Waals surface area contributed by atoms with Crippen molar-refractivity contribution in [2.75, 3.05) is 24.2 Å². The molecule has 4 aliphatic rings. The van der Waals surface area contributed by atoms with Gasteiger partial charge in [-0.3, -0.25) is 18.9 Å². The van der Waals surface area contributed by atoms with Gasteiger partial charge < -0.3 is 10.1 Å². The van der Waals surface area contributed by atoms with Crippen LogP contribution >= 0.6 is 11.6 Å². The number of ether oxygens (including phenoxy) is 1. The van der Waals surface area contributed by atoms with Crippen molar-refractivity contribution in [1.29, 1.82) is 0 Å². The number of pyridine rings is 1. The van der Waals surface area contributed by atoms with Crippen molar-refractivity contribution >= 4 is 54.1 Å². The largest absolute Gasteiger partial charge is 0.377 e. The fraction of sp³-hybridized carbons (Fsp3) is 0.409. The molecule has 2 N–H and O–H groups in total.